The van der Waals surface area contributed by atoms with E-state index in [0.717, 1.165) is 22.3 Å². The first-order valence-corrected chi connectivity index (χ1v) is 16.9. The highest BCUT2D eigenvalue weighted by Gasteiger charge is 2.63. The number of likely N-dealkylation sites (N-methyl/N-ethyl adjacent to an activating group) is 1. The molecule has 258 valence electrons. The molecule has 2 aliphatic rings. The Bertz CT molecular complexity index is 1560. The van der Waals surface area contributed by atoms with Crippen molar-refractivity contribution >= 4 is 5.97 Å². The smallest absolute Gasteiger partial charge is 0.325 e. The van der Waals surface area contributed by atoms with Crippen LogP contribution >= 0.6 is 0 Å². The van der Waals surface area contributed by atoms with Gasteiger partial charge in [0.2, 0.25) is 5.79 Å². The van der Waals surface area contributed by atoms with E-state index in [-0.39, 0.29) is 26.2 Å². The van der Waals surface area contributed by atoms with Crippen LogP contribution in [-0.2, 0) is 64.5 Å². The SMILES string of the molecule is CCOC(=O)[C@H]1C[C@]2(O[C@H](COCc3ccccc3)[C@H](OCc3ccccc3)[C@H](OCc3ccccc3)[C@H]2OCc2ccccc2)ON1C. The number of carbonyl (C=O) groups excluding carboxylic acids is 1. The molecule has 0 bridgehead atoms. The van der Waals surface area contributed by atoms with E-state index in [9.17, 15) is 4.79 Å². The highest BCUT2D eigenvalue weighted by Crippen LogP contribution is 2.45. The first kappa shape index (κ1) is 34.9. The molecular formula is C40H45NO8. The maximum atomic E-state index is 13.2. The van der Waals surface area contributed by atoms with Crippen molar-refractivity contribution < 1.29 is 38.1 Å². The normalized spacial score (nSPS) is 25.4. The van der Waals surface area contributed by atoms with Gasteiger partial charge in [0.25, 0.3) is 0 Å². The van der Waals surface area contributed by atoms with Crippen LogP contribution in [0.2, 0.25) is 0 Å². The maximum Gasteiger partial charge on any atom is 0.325 e. The number of hydrogen-bond donors (Lipinski definition) is 0. The van der Waals surface area contributed by atoms with Crippen molar-refractivity contribution in [3.05, 3.63) is 144 Å². The Balaban J connectivity index is 1.36. The second-order valence-corrected chi connectivity index (χ2v) is 12.3. The van der Waals surface area contributed by atoms with Gasteiger partial charge in [-0.05, 0) is 29.2 Å². The summed E-state index contributed by atoms with van der Waals surface area (Å²) in [4.78, 5) is 19.7. The summed E-state index contributed by atoms with van der Waals surface area (Å²) in [6.45, 7) is 3.48. The molecule has 2 saturated heterocycles. The van der Waals surface area contributed by atoms with E-state index in [2.05, 4.69) is 0 Å². The van der Waals surface area contributed by atoms with Crippen LogP contribution < -0.4 is 0 Å². The summed E-state index contributed by atoms with van der Waals surface area (Å²) in [5.41, 5.74) is 4.02. The lowest BCUT2D eigenvalue weighted by Gasteiger charge is -2.50. The maximum absolute atomic E-state index is 13.2. The Labute approximate surface area is 288 Å². The van der Waals surface area contributed by atoms with E-state index in [4.69, 9.17) is 33.3 Å². The fraction of sp³-hybridized carbons (Fsp3) is 0.375. The number of benzene rings is 4. The fourth-order valence-corrected chi connectivity index (χ4v) is 6.37. The second kappa shape index (κ2) is 17.1. The summed E-state index contributed by atoms with van der Waals surface area (Å²) in [6.07, 6.45) is -2.58. The lowest BCUT2D eigenvalue weighted by atomic mass is 9.88. The van der Waals surface area contributed by atoms with Gasteiger partial charge in [0.05, 0.1) is 39.6 Å². The van der Waals surface area contributed by atoms with Gasteiger partial charge in [-0.1, -0.05) is 121 Å². The van der Waals surface area contributed by atoms with Crippen molar-refractivity contribution in [3.8, 4) is 0 Å². The summed E-state index contributed by atoms with van der Waals surface area (Å²) in [5, 5.41) is 1.51. The molecule has 0 unspecified atom stereocenters. The van der Waals surface area contributed by atoms with Gasteiger partial charge in [-0.2, -0.15) is 5.06 Å². The summed E-state index contributed by atoms with van der Waals surface area (Å²) >= 11 is 0. The van der Waals surface area contributed by atoms with Crippen molar-refractivity contribution in [3.63, 3.8) is 0 Å². The molecule has 9 nitrogen and oxygen atoms in total. The molecule has 0 amide bonds. The van der Waals surface area contributed by atoms with E-state index in [1.165, 1.54) is 5.06 Å². The van der Waals surface area contributed by atoms with Crippen molar-refractivity contribution in [1.82, 2.24) is 5.06 Å². The molecule has 4 aromatic carbocycles. The number of carbonyl (C=O) groups is 1. The Morgan fingerprint density at radius 2 is 1.16 bits per heavy atom. The standard InChI is InChI=1S/C40H45NO8/c1-3-44-39(42)34-24-40(49-41(34)2)38(47-28-33-22-14-7-15-23-33)37(46-27-32-20-12-6-13-21-32)36(45-26-31-18-10-5-11-19-31)35(48-40)29-43-25-30-16-8-4-9-17-30/h4-23,34-38H,3,24-29H2,1-2H3/t34-,35-,36+,37+,38-,40+/m1/s1. The Hall–Kier alpha value is -3.93. The number of hydroxylamine groups is 2. The van der Waals surface area contributed by atoms with Gasteiger partial charge in [-0.15, -0.1) is 0 Å². The molecule has 4 aromatic rings. The van der Waals surface area contributed by atoms with E-state index >= 15 is 0 Å². The predicted molar refractivity (Wildman–Crippen MR) is 183 cm³/mol. The minimum atomic E-state index is -1.41. The second-order valence-electron chi connectivity index (χ2n) is 12.3. The zero-order valence-electron chi connectivity index (χ0n) is 28.1. The molecule has 9 heteroatoms. The van der Waals surface area contributed by atoms with Crippen molar-refractivity contribution in [2.24, 2.45) is 0 Å². The Morgan fingerprint density at radius 3 is 1.67 bits per heavy atom. The van der Waals surface area contributed by atoms with Crippen molar-refractivity contribution in [2.75, 3.05) is 20.3 Å². The zero-order valence-corrected chi connectivity index (χ0v) is 28.1. The molecule has 6 rings (SSSR count). The highest BCUT2D eigenvalue weighted by atomic mass is 16.8. The van der Waals surface area contributed by atoms with Crippen molar-refractivity contribution in [1.29, 1.82) is 0 Å². The lowest BCUT2D eigenvalue weighted by Crippen LogP contribution is -2.67. The minimum Gasteiger partial charge on any atom is -0.465 e. The molecule has 2 aliphatic heterocycles. The van der Waals surface area contributed by atoms with Crippen molar-refractivity contribution in [2.45, 2.75) is 76.0 Å². The molecule has 0 aromatic heterocycles. The van der Waals surface area contributed by atoms with Crippen LogP contribution in [0.3, 0.4) is 0 Å². The number of rotatable bonds is 15. The third-order valence-corrected chi connectivity index (χ3v) is 8.78. The van der Waals surface area contributed by atoms with Crippen LogP contribution in [0.5, 0.6) is 0 Å². The number of nitrogens with zero attached hydrogens (tertiary/aromatic N) is 1. The minimum absolute atomic E-state index is 0.160. The van der Waals surface area contributed by atoms with E-state index in [1.54, 1.807) is 14.0 Å². The molecular weight excluding hydrogens is 622 g/mol. The molecule has 0 saturated carbocycles. The number of esters is 1. The van der Waals surface area contributed by atoms with Gasteiger partial charge in [-0.25, -0.2) is 0 Å². The largest absolute Gasteiger partial charge is 0.465 e. The zero-order chi connectivity index (χ0) is 33.9. The van der Waals surface area contributed by atoms with Crippen LogP contribution in [0.15, 0.2) is 121 Å². The number of ether oxygens (including phenoxy) is 6. The van der Waals surface area contributed by atoms with Gasteiger partial charge in [0.1, 0.15) is 30.5 Å². The highest BCUT2D eigenvalue weighted by molar-refractivity contribution is 5.76. The molecule has 49 heavy (non-hydrogen) atoms. The predicted octanol–water partition coefficient (Wildman–Crippen LogP) is 6.25. The fourth-order valence-electron chi connectivity index (χ4n) is 6.37. The number of hydrogen-bond acceptors (Lipinski definition) is 9. The molecule has 0 N–H and O–H groups in total. The van der Waals surface area contributed by atoms with Crippen LogP contribution in [-0.4, -0.2) is 67.5 Å². The van der Waals surface area contributed by atoms with Gasteiger partial charge >= 0.3 is 5.97 Å². The summed E-state index contributed by atoms with van der Waals surface area (Å²) < 4.78 is 39.0. The summed E-state index contributed by atoms with van der Waals surface area (Å²) in [7, 11) is 1.71. The Kier molecular flexibility index (Phi) is 12.2. The summed E-state index contributed by atoms with van der Waals surface area (Å²) in [6, 6.07) is 39.1. The molecule has 2 fully saturated rings. The van der Waals surface area contributed by atoms with E-state index in [1.807, 2.05) is 121 Å². The van der Waals surface area contributed by atoms with Gasteiger partial charge in [0, 0.05) is 13.5 Å². The molecule has 1 spiro atoms. The van der Waals surface area contributed by atoms with Gasteiger partial charge in [-0.3, -0.25) is 9.63 Å². The monoisotopic (exact) mass is 667 g/mol. The van der Waals surface area contributed by atoms with Gasteiger partial charge in [0.15, 0.2) is 0 Å². The third kappa shape index (κ3) is 9.00. The average Bonchev–Trinajstić information content (AvgIpc) is 3.47. The van der Waals surface area contributed by atoms with Crippen LogP contribution in [0.4, 0.5) is 0 Å². The quantitative estimate of drug-likeness (QED) is 0.137. The van der Waals surface area contributed by atoms with Crippen LogP contribution in [0.25, 0.3) is 0 Å². The average molecular weight is 668 g/mol. The molecule has 0 aliphatic carbocycles. The molecule has 6 atom stereocenters. The van der Waals surface area contributed by atoms with Crippen LogP contribution in [0, 0.1) is 0 Å². The molecule has 2 heterocycles. The van der Waals surface area contributed by atoms with E-state index < -0.39 is 42.2 Å². The van der Waals surface area contributed by atoms with Crippen LogP contribution in [0.1, 0.15) is 35.6 Å². The van der Waals surface area contributed by atoms with E-state index in [0.29, 0.717) is 19.8 Å². The first-order valence-electron chi connectivity index (χ1n) is 16.9. The summed E-state index contributed by atoms with van der Waals surface area (Å²) in [5.74, 6) is -1.80. The third-order valence-electron chi connectivity index (χ3n) is 8.78. The van der Waals surface area contributed by atoms with Gasteiger partial charge < -0.3 is 28.4 Å². The first-order chi connectivity index (χ1) is 24.0. The Morgan fingerprint density at radius 1 is 0.694 bits per heavy atom. The lowest BCUT2D eigenvalue weighted by molar-refractivity contribution is -0.404. The molecule has 0 radical (unpaired) electrons. The topological polar surface area (TPSA) is 84.9 Å².